The number of sulfonamides is 1. The minimum atomic E-state index is -3.82. The highest BCUT2D eigenvalue weighted by atomic mass is 32.2. The Kier molecular flexibility index (Phi) is 4.01. The highest BCUT2D eigenvalue weighted by Gasteiger charge is 2.28. The van der Waals surface area contributed by atoms with Gasteiger partial charge in [-0.05, 0) is 6.92 Å². The van der Waals surface area contributed by atoms with E-state index in [1.807, 2.05) is 0 Å². The Balaban J connectivity index is 2.30. The van der Waals surface area contributed by atoms with Gasteiger partial charge in [-0.15, -0.1) is 21.5 Å². The van der Waals surface area contributed by atoms with Gasteiger partial charge in [0, 0.05) is 19.4 Å². The number of thiazole rings is 1. The van der Waals surface area contributed by atoms with Gasteiger partial charge in [0.05, 0.1) is 5.69 Å². The summed E-state index contributed by atoms with van der Waals surface area (Å²) in [5, 5.41) is 11.8. The third-order valence-electron chi connectivity index (χ3n) is 2.15. The molecular weight excluding hydrogens is 322 g/mol. The van der Waals surface area contributed by atoms with Crippen LogP contribution in [0.3, 0.4) is 0 Å². The predicted molar refractivity (Wildman–Crippen MR) is 76.7 cm³/mol. The van der Waals surface area contributed by atoms with Crippen LogP contribution in [0.2, 0.25) is 0 Å². The van der Waals surface area contributed by atoms with E-state index in [-0.39, 0.29) is 15.4 Å². The Hall–Kier alpha value is -1.59. The second-order valence-corrected chi connectivity index (χ2v) is 7.76. The maximum Gasteiger partial charge on any atom is 0.295 e. The van der Waals surface area contributed by atoms with Crippen molar-refractivity contribution in [2.45, 2.75) is 18.2 Å². The Morgan fingerprint density at radius 2 is 2.10 bits per heavy atom. The van der Waals surface area contributed by atoms with Crippen molar-refractivity contribution in [1.82, 2.24) is 15.2 Å². The van der Waals surface area contributed by atoms with E-state index in [2.05, 4.69) is 20.5 Å². The van der Waals surface area contributed by atoms with Crippen LogP contribution in [0.4, 0.5) is 10.3 Å². The molecule has 2 aromatic heterocycles. The van der Waals surface area contributed by atoms with Crippen molar-refractivity contribution in [3.63, 3.8) is 0 Å². The van der Waals surface area contributed by atoms with Crippen LogP contribution >= 0.6 is 22.7 Å². The molecule has 0 aliphatic heterocycles. The number of aromatic nitrogens is 3. The number of carbonyl (C=O) groups is 1. The summed E-state index contributed by atoms with van der Waals surface area (Å²) < 4.78 is 25.5. The fourth-order valence-corrected chi connectivity index (χ4v) is 4.46. The van der Waals surface area contributed by atoms with Crippen LogP contribution in [0.15, 0.2) is 9.72 Å². The number of nitrogens with zero attached hydrogens (tertiary/aromatic N) is 4. The Morgan fingerprint density at radius 1 is 1.40 bits per heavy atom. The second kappa shape index (κ2) is 5.42. The second-order valence-electron chi connectivity index (χ2n) is 3.80. The number of aryl methyl sites for hydroxylation is 1. The monoisotopic (exact) mass is 333 g/mol. The first-order chi connectivity index (χ1) is 9.30. The first kappa shape index (κ1) is 14.8. The molecule has 0 aliphatic rings. The van der Waals surface area contributed by atoms with Gasteiger partial charge in [-0.2, -0.15) is 8.42 Å². The largest absolute Gasteiger partial charge is 0.301 e. The molecule has 20 heavy (non-hydrogen) atoms. The fourth-order valence-electron chi connectivity index (χ4n) is 1.22. The van der Waals surface area contributed by atoms with Gasteiger partial charge in [0.15, 0.2) is 5.13 Å². The first-order valence-corrected chi connectivity index (χ1v) is 8.46. The van der Waals surface area contributed by atoms with Gasteiger partial charge in [0.25, 0.3) is 14.4 Å². The van der Waals surface area contributed by atoms with Gasteiger partial charge in [-0.25, -0.2) is 9.29 Å². The molecule has 2 aromatic rings. The van der Waals surface area contributed by atoms with Gasteiger partial charge in [0.2, 0.25) is 11.0 Å². The summed E-state index contributed by atoms with van der Waals surface area (Å²) in [7, 11) is -2.42. The van der Waals surface area contributed by atoms with E-state index in [0.717, 1.165) is 21.3 Å². The number of rotatable bonds is 4. The summed E-state index contributed by atoms with van der Waals surface area (Å²) in [6, 6.07) is 0. The molecule has 0 saturated heterocycles. The molecule has 0 fully saturated rings. The molecular formula is C9H11N5O3S3. The quantitative estimate of drug-likeness (QED) is 0.840. The zero-order valence-electron chi connectivity index (χ0n) is 10.8. The molecule has 2 rings (SSSR count). The van der Waals surface area contributed by atoms with Crippen LogP contribution in [0.25, 0.3) is 0 Å². The van der Waals surface area contributed by atoms with E-state index in [0.29, 0.717) is 5.13 Å². The molecule has 0 radical (unpaired) electrons. The summed E-state index contributed by atoms with van der Waals surface area (Å²) >= 11 is 2.01. The molecule has 0 spiro atoms. The molecule has 11 heteroatoms. The van der Waals surface area contributed by atoms with Crippen molar-refractivity contribution in [1.29, 1.82) is 0 Å². The fraction of sp³-hybridized carbons (Fsp3) is 0.333. The summed E-state index contributed by atoms with van der Waals surface area (Å²) in [6.07, 6.45) is 0. The van der Waals surface area contributed by atoms with Crippen molar-refractivity contribution < 1.29 is 13.2 Å². The topological polar surface area (TPSA) is 105 Å². The lowest BCUT2D eigenvalue weighted by atomic mass is 10.6. The Morgan fingerprint density at radius 3 is 2.65 bits per heavy atom. The molecule has 0 aromatic carbocycles. The van der Waals surface area contributed by atoms with Gasteiger partial charge in [0.1, 0.15) is 0 Å². The minimum Gasteiger partial charge on any atom is -0.301 e. The van der Waals surface area contributed by atoms with Crippen LogP contribution in [0.5, 0.6) is 0 Å². The van der Waals surface area contributed by atoms with E-state index >= 15 is 0 Å². The number of nitrogens with one attached hydrogen (secondary N) is 1. The summed E-state index contributed by atoms with van der Waals surface area (Å²) in [5.74, 6) is -0.339. The minimum absolute atomic E-state index is 0.139. The maximum atomic E-state index is 12.3. The zero-order chi connectivity index (χ0) is 14.9. The van der Waals surface area contributed by atoms with Gasteiger partial charge in [-0.3, -0.25) is 4.79 Å². The van der Waals surface area contributed by atoms with Crippen molar-refractivity contribution in [3.8, 4) is 0 Å². The van der Waals surface area contributed by atoms with Crippen molar-refractivity contribution in [2.75, 3.05) is 16.7 Å². The molecule has 108 valence electrons. The molecule has 1 amide bonds. The van der Waals surface area contributed by atoms with E-state index in [1.54, 1.807) is 12.3 Å². The zero-order valence-corrected chi connectivity index (χ0v) is 13.3. The summed E-state index contributed by atoms with van der Waals surface area (Å²) in [5.41, 5.74) is 0.739. The van der Waals surface area contributed by atoms with Crippen LogP contribution in [-0.4, -0.2) is 36.6 Å². The number of hydrogen-bond donors (Lipinski definition) is 1. The molecule has 0 atom stereocenters. The van der Waals surface area contributed by atoms with E-state index in [4.69, 9.17) is 0 Å². The predicted octanol–water partition coefficient (Wildman–Crippen LogP) is 1.09. The van der Waals surface area contributed by atoms with Crippen molar-refractivity contribution in [2.24, 2.45) is 0 Å². The van der Waals surface area contributed by atoms with Gasteiger partial charge in [-0.1, -0.05) is 11.3 Å². The smallest absolute Gasteiger partial charge is 0.295 e. The normalized spacial score (nSPS) is 11.3. The van der Waals surface area contributed by atoms with Crippen LogP contribution in [-0.2, 0) is 14.8 Å². The Bertz CT molecular complexity index is 736. The van der Waals surface area contributed by atoms with Crippen LogP contribution < -0.4 is 9.62 Å². The van der Waals surface area contributed by atoms with E-state index < -0.39 is 10.0 Å². The SMILES string of the molecule is CC(=O)Nc1nnc(S(=O)(=O)N(C)c2nc(C)cs2)s1. The lowest BCUT2D eigenvalue weighted by molar-refractivity contribution is -0.114. The average Bonchev–Trinajstić information content (AvgIpc) is 2.96. The third-order valence-corrected chi connectivity index (χ3v) is 6.23. The number of carbonyl (C=O) groups excluding carboxylic acids is 1. The maximum absolute atomic E-state index is 12.3. The van der Waals surface area contributed by atoms with Gasteiger partial charge < -0.3 is 5.32 Å². The molecule has 0 unspecified atom stereocenters. The molecule has 2 heterocycles. The highest BCUT2D eigenvalue weighted by molar-refractivity contribution is 7.94. The van der Waals surface area contributed by atoms with Crippen molar-refractivity contribution >= 4 is 48.9 Å². The molecule has 0 saturated carbocycles. The average molecular weight is 333 g/mol. The van der Waals surface area contributed by atoms with Crippen LogP contribution in [0.1, 0.15) is 12.6 Å². The molecule has 1 N–H and O–H groups in total. The first-order valence-electron chi connectivity index (χ1n) is 5.33. The van der Waals surface area contributed by atoms with Crippen LogP contribution in [0, 0.1) is 6.92 Å². The summed E-state index contributed by atoms with van der Waals surface area (Å²) in [6.45, 7) is 3.08. The lowest BCUT2D eigenvalue weighted by Gasteiger charge is -2.13. The standard InChI is InChI=1S/C9H11N5O3S3/c1-5-4-18-8(10-5)14(3)20(16,17)9-13-12-7(19-9)11-6(2)15/h4H,1-3H3,(H,11,12,15). The summed E-state index contributed by atoms with van der Waals surface area (Å²) in [4.78, 5) is 15.0. The van der Waals surface area contributed by atoms with Gasteiger partial charge >= 0.3 is 0 Å². The van der Waals surface area contributed by atoms with E-state index in [9.17, 15) is 13.2 Å². The lowest BCUT2D eigenvalue weighted by Crippen LogP contribution is -2.26. The van der Waals surface area contributed by atoms with E-state index in [1.165, 1.54) is 25.3 Å². The molecule has 0 bridgehead atoms. The molecule has 0 aliphatic carbocycles. The number of hydrogen-bond acceptors (Lipinski definition) is 8. The highest BCUT2D eigenvalue weighted by Crippen LogP contribution is 2.28. The Labute approximate surface area is 123 Å². The third kappa shape index (κ3) is 2.94. The molecule has 8 nitrogen and oxygen atoms in total. The number of amides is 1. The number of anilines is 2. The van der Waals surface area contributed by atoms with Crippen molar-refractivity contribution in [3.05, 3.63) is 11.1 Å².